The van der Waals surface area contributed by atoms with Gasteiger partial charge in [-0.3, -0.25) is 0 Å². The van der Waals surface area contributed by atoms with E-state index in [1.165, 1.54) is 0 Å². The maximum Gasteiger partial charge on any atom is 0.361 e. The van der Waals surface area contributed by atoms with E-state index in [9.17, 15) is 4.79 Å². The maximum absolute atomic E-state index is 11.4. The number of carbonyl (C=O) groups is 1. The zero-order chi connectivity index (χ0) is 11.3. The number of oxime groups is 1. The van der Waals surface area contributed by atoms with E-state index in [2.05, 4.69) is 5.16 Å². The highest BCUT2D eigenvalue weighted by Gasteiger charge is 2.17. The fourth-order valence-electron chi connectivity index (χ4n) is 1.24. The first-order chi connectivity index (χ1) is 7.20. The zero-order valence-electron chi connectivity index (χ0n) is 8.73. The van der Waals surface area contributed by atoms with E-state index < -0.39 is 5.97 Å². The molecule has 4 heteroatoms. The van der Waals surface area contributed by atoms with Gasteiger partial charge in [-0.15, -0.1) is 0 Å². The summed E-state index contributed by atoms with van der Waals surface area (Å²) in [5.41, 5.74) is 1.38. The molecule has 0 spiro atoms. The molecule has 0 aromatic heterocycles. The molecule has 0 aliphatic heterocycles. The van der Waals surface area contributed by atoms with Gasteiger partial charge in [0, 0.05) is 5.56 Å². The fourth-order valence-corrected chi connectivity index (χ4v) is 1.24. The van der Waals surface area contributed by atoms with Crippen LogP contribution in [-0.4, -0.2) is 23.5 Å². The van der Waals surface area contributed by atoms with Gasteiger partial charge in [-0.2, -0.15) is 0 Å². The van der Waals surface area contributed by atoms with Crippen molar-refractivity contribution in [3.8, 4) is 0 Å². The Morgan fingerprint density at radius 2 is 2.13 bits per heavy atom. The SMILES string of the molecule is CCOC(=O)/C(=N/O)c1ccccc1C. The normalized spacial score (nSPS) is 11.2. The van der Waals surface area contributed by atoms with Gasteiger partial charge in [0.15, 0.2) is 5.71 Å². The Labute approximate surface area is 88.2 Å². The molecule has 0 aliphatic rings. The summed E-state index contributed by atoms with van der Waals surface area (Å²) in [7, 11) is 0. The van der Waals surface area contributed by atoms with E-state index in [1.807, 2.05) is 19.1 Å². The highest BCUT2D eigenvalue weighted by atomic mass is 16.5. The van der Waals surface area contributed by atoms with Crippen molar-refractivity contribution in [2.75, 3.05) is 6.61 Å². The van der Waals surface area contributed by atoms with Crippen LogP contribution in [0.1, 0.15) is 18.1 Å². The summed E-state index contributed by atoms with van der Waals surface area (Å²) in [5.74, 6) is -0.616. The average molecular weight is 207 g/mol. The summed E-state index contributed by atoms with van der Waals surface area (Å²) >= 11 is 0. The van der Waals surface area contributed by atoms with Gasteiger partial charge in [-0.1, -0.05) is 29.4 Å². The molecule has 0 fully saturated rings. The number of hydrogen-bond donors (Lipinski definition) is 1. The predicted octanol–water partition coefficient (Wildman–Crippen LogP) is 1.74. The van der Waals surface area contributed by atoms with Crippen LogP contribution in [0.25, 0.3) is 0 Å². The lowest BCUT2D eigenvalue weighted by Crippen LogP contribution is -2.19. The summed E-state index contributed by atoms with van der Waals surface area (Å²) < 4.78 is 4.77. The van der Waals surface area contributed by atoms with E-state index in [1.54, 1.807) is 19.1 Å². The molecular weight excluding hydrogens is 194 g/mol. The lowest BCUT2D eigenvalue weighted by atomic mass is 10.0. The number of benzene rings is 1. The van der Waals surface area contributed by atoms with Crippen LogP contribution >= 0.6 is 0 Å². The summed E-state index contributed by atoms with van der Waals surface area (Å²) in [6.45, 7) is 3.79. The molecule has 0 radical (unpaired) electrons. The van der Waals surface area contributed by atoms with Crippen LogP contribution in [-0.2, 0) is 9.53 Å². The van der Waals surface area contributed by atoms with E-state index in [0.717, 1.165) is 5.56 Å². The van der Waals surface area contributed by atoms with Gasteiger partial charge in [-0.25, -0.2) is 4.79 Å². The first kappa shape index (κ1) is 11.2. The third-order valence-corrected chi connectivity index (χ3v) is 1.97. The Morgan fingerprint density at radius 3 is 2.67 bits per heavy atom. The number of rotatable bonds is 3. The second kappa shape index (κ2) is 5.14. The Morgan fingerprint density at radius 1 is 1.47 bits per heavy atom. The van der Waals surface area contributed by atoms with Crippen LogP contribution in [0.15, 0.2) is 29.4 Å². The summed E-state index contributed by atoms with van der Waals surface area (Å²) in [4.78, 5) is 11.4. The Bertz CT molecular complexity index is 385. The first-order valence-corrected chi connectivity index (χ1v) is 4.65. The minimum Gasteiger partial charge on any atom is -0.461 e. The van der Waals surface area contributed by atoms with E-state index in [-0.39, 0.29) is 12.3 Å². The Kier molecular flexibility index (Phi) is 3.85. The smallest absolute Gasteiger partial charge is 0.361 e. The topological polar surface area (TPSA) is 58.9 Å². The minimum atomic E-state index is -0.616. The van der Waals surface area contributed by atoms with Crippen molar-refractivity contribution in [3.05, 3.63) is 35.4 Å². The maximum atomic E-state index is 11.4. The molecule has 1 N–H and O–H groups in total. The van der Waals surface area contributed by atoms with Crippen molar-refractivity contribution in [2.24, 2.45) is 5.16 Å². The number of ether oxygens (including phenoxy) is 1. The van der Waals surface area contributed by atoms with Crippen LogP contribution in [0.3, 0.4) is 0 Å². The molecule has 15 heavy (non-hydrogen) atoms. The van der Waals surface area contributed by atoms with Crippen molar-refractivity contribution in [3.63, 3.8) is 0 Å². The third-order valence-electron chi connectivity index (χ3n) is 1.97. The molecule has 0 bridgehead atoms. The van der Waals surface area contributed by atoms with Crippen LogP contribution < -0.4 is 0 Å². The van der Waals surface area contributed by atoms with Gasteiger partial charge in [0.05, 0.1) is 6.61 Å². The molecule has 0 saturated heterocycles. The van der Waals surface area contributed by atoms with Gasteiger partial charge in [0.2, 0.25) is 0 Å². The molecule has 1 aromatic carbocycles. The molecule has 1 rings (SSSR count). The second-order valence-corrected chi connectivity index (χ2v) is 2.98. The van der Waals surface area contributed by atoms with Crippen LogP contribution in [0, 0.1) is 6.92 Å². The van der Waals surface area contributed by atoms with Gasteiger partial charge < -0.3 is 9.94 Å². The molecule has 0 saturated carbocycles. The number of hydrogen-bond acceptors (Lipinski definition) is 4. The molecule has 4 nitrogen and oxygen atoms in total. The lowest BCUT2D eigenvalue weighted by Gasteiger charge is -2.06. The molecule has 0 aliphatic carbocycles. The highest BCUT2D eigenvalue weighted by molar-refractivity contribution is 6.43. The number of esters is 1. The summed E-state index contributed by atoms with van der Waals surface area (Å²) in [6, 6.07) is 7.16. The van der Waals surface area contributed by atoms with Crippen molar-refractivity contribution in [2.45, 2.75) is 13.8 Å². The fraction of sp³-hybridized carbons (Fsp3) is 0.273. The second-order valence-electron chi connectivity index (χ2n) is 2.98. The molecule has 1 aromatic rings. The van der Waals surface area contributed by atoms with Crippen molar-refractivity contribution in [1.29, 1.82) is 0 Å². The van der Waals surface area contributed by atoms with Crippen LogP contribution in [0.5, 0.6) is 0 Å². The molecule has 0 amide bonds. The zero-order valence-corrected chi connectivity index (χ0v) is 8.73. The van der Waals surface area contributed by atoms with Crippen molar-refractivity contribution >= 4 is 11.7 Å². The third kappa shape index (κ3) is 2.56. The van der Waals surface area contributed by atoms with Crippen LogP contribution in [0.4, 0.5) is 0 Å². The van der Waals surface area contributed by atoms with E-state index in [0.29, 0.717) is 5.56 Å². The van der Waals surface area contributed by atoms with Gasteiger partial charge in [0.1, 0.15) is 0 Å². The number of nitrogens with zero attached hydrogens (tertiary/aromatic N) is 1. The minimum absolute atomic E-state index is 0.0602. The molecule has 0 heterocycles. The van der Waals surface area contributed by atoms with Crippen LogP contribution in [0.2, 0.25) is 0 Å². The van der Waals surface area contributed by atoms with E-state index in [4.69, 9.17) is 9.94 Å². The largest absolute Gasteiger partial charge is 0.461 e. The van der Waals surface area contributed by atoms with Gasteiger partial charge in [0.25, 0.3) is 0 Å². The van der Waals surface area contributed by atoms with Crippen molar-refractivity contribution < 1.29 is 14.7 Å². The summed E-state index contributed by atoms with van der Waals surface area (Å²) in [6.07, 6.45) is 0. The van der Waals surface area contributed by atoms with Gasteiger partial charge >= 0.3 is 5.97 Å². The quantitative estimate of drug-likeness (QED) is 0.355. The average Bonchev–Trinajstić information content (AvgIpc) is 2.22. The standard InChI is InChI=1S/C11H13NO3/c1-3-15-11(13)10(12-14)9-7-5-4-6-8(9)2/h4-7,14H,3H2,1-2H3/b12-10+. The molecular formula is C11H13NO3. The molecule has 0 unspecified atom stereocenters. The summed E-state index contributed by atoms with van der Waals surface area (Å²) in [5, 5.41) is 11.8. The first-order valence-electron chi connectivity index (χ1n) is 4.65. The Balaban J connectivity index is 3.04. The molecule has 80 valence electrons. The Hall–Kier alpha value is -1.84. The number of carbonyl (C=O) groups excluding carboxylic acids is 1. The monoisotopic (exact) mass is 207 g/mol. The highest BCUT2D eigenvalue weighted by Crippen LogP contribution is 2.09. The van der Waals surface area contributed by atoms with Crippen molar-refractivity contribution in [1.82, 2.24) is 0 Å². The van der Waals surface area contributed by atoms with E-state index >= 15 is 0 Å². The lowest BCUT2D eigenvalue weighted by molar-refractivity contribution is -0.135. The predicted molar refractivity (Wildman–Crippen MR) is 56.1 cm³/mol. The molecule has 0 atom stereocenters. The van der Waals surface area contributed by atoms with Gasteiger partial charge in [-0.05, 0) is 19.4 Å². The number of aryl methyl sites for hydroxylation is 1.